The molecule has 1 aromatic heterocycles. The Morgan fingerprint density at radius 2 is 2.18 bits per heavy atom. The van der Waals surface area contributed by atoms with Crippen molar-refractivity contribution in [1.82, 2.24) is 9.55 Å². The Morgan fingerprint density at radius 1 is 1.35 bits per heavy atom. The van der Waals surface area contributed by atoms with Crippen LogP contribution >= 0.6 is 15.9 Å². The zero-order valence-electron chi connectivity index (χ0n) is 9.86. The Balaban J connectivity index is 2.03. The molecule has 0 saturated heterocycles. The first-order chi connectivity index (χ1) is 8.24. The van der Waals surface area contributed by atoms with Crippen LogP contribution in [0.2, 0.25) is 0 Å². The summed E-state index contributed by atoms with van der Waals surface area (Å²) in [6.07, 6.45) is 4.54. The SMILES string of the molecule is CC1CCc2nc(-c3ccccc3Br)cn2C1. The molecule has 2 nitrogen and oxygen atoms in total. The van der Waals surface area contributed by atoms with Crippen molar-refractivity contribution in [2.45, 2.75) is 26.3 Å². The summed E-state index contributed by atoms with van der Waals surface area (Å²) in [7, 11) is 0. The number of imidazole rings is 1. The van der Waals surface area contributed by atoms with Gasteiger partial charge >= 0.3 is 0 Å². The molecule has 88 valence electrons. The van der Waals surface area contributed by atoms with Crippen molar-refractivity contribution < 1.29 is 0 Å². The Kier molecular flexibility index (Phi) is 2.79. The van der Waals surface area contributed by atoms with Crippen molar-refractivity contribution in [3.8, 4) is 11.3 Å². The maximum absolute atomic E-state index is 4.75. The minimum absolute atomic E-state index is 0.767. The van der Waals surface area contributed by atoms with Gasteiger partial charge in [-0.2, -0.15) is 0 Å². The van der Waals surface area contributed by atoms with Crippen molar-refractivity contribution in [3.63, 3.8) is 0 Å². The molecule has 0 bridgehead atoms. The van der Waals surface area contributed by atoms with E-state index in [4.69, 9.17) is 4.98 Å². The highest BCUT2D eigenvalue weighted by molar-refractivity contribution is 9.10. The summed E-state index contributed by atoms with van der Waals surface area (Å²) in [6, 6.07) is 8.27. The summed E-state index contributed by atoms with van der Waals surface area (Å²) in [4.78, 5) is 4.75. The van der Waals surface area contributed by atoms with Crippen LogP contribution in [-0.4, -0.2) is 9.55 Å². The number of aromatic nitrogens is 2. The van der Waals surface area contributed by atoms with Gasteiger partial charge in [-0.05, 0) is 18.4 Å². The van der Waals surface area contributed by atoms with E-state index in [0.29, 0.717) is 0 Å². The molecule has 0 aliphatic carbocycles. The molecule has 2 heterocycles. The predicted octanol–water partition coefficient (Wildman–Crippen LogP) is 3.89. The van der Waals surface area contributed by atoms with E-state index in [2.05, 4.69) is 51.8 Å². The molecule has 3 heteroatoms. The van der Waals surface area contributed by atoms with Crippen LogP contribution in [0, 0.1) is 5.92 Å². The Hall–Kier alpha value is -1.09. The average Bonchev–Trinajstić information content (AvgIpc) is 2.72. The van der Waals surface area contributed by atoms with E-state index < -0.39 is 0 Å². The molecule has 1 aliphatic rings. The lowest BCUT2D eigenvalue weighted by atomic mass is 10.0. The van der Waals surface area contributed by atoms with Gasteiger partial charge in [-0.3, -0.25) is 0 Å². The largest absolute Gasteiger partial charge is 0.334 e. The van der Waals surface area contributed by atoms with Crippen LogP contribution in [0.4, 0.5) is 0 Å². The number of aryl methyl sites for hydroxylation is 1. The lowest BCUT2D eigenvalue weighted by Gasteiger charge is -2.19. The van der Waals surface area contributed by atoms with E-state index in [1.54, 1.807) is 0 Å². The van der Waals surface area contributed by atoms with Crippen LogP contribution in [0.15, 0.2) is 34.9 Å². The normalized spacial score (nSPS) is 19.1. The highest BCUT2D eigenvalue weighted by Crippen LogP contribution is 2.29. The summed E-state index contributed by atoms with van der Waals surface area (Å²) in [5.41, 5.74) is 2.27. The second-order valence-corrected chi connectivity index (χ2v) is 5.67. The second-order valence-electron chi connectivity index (χ2n) is 4.82. The molecule has 0 spiro atoms. The third-order valence-electron chi connectivity index (χ3n) is 3.38. The molecule has 17 heavy (non-hydrogen) atoms. The number of halogens is 1. The molecule has 0 fully saturated rings. The van der Waals surface area contributed by atoms with Gasteiger partial charge < -0.3 is 4.57 Å². The third-order valence-corrected chi connectivity index (χ3v) is 4.07. The Morgan fingerprint density at radius 3 is 3.00 bits per heavy atom. The van der Waals surface area contributed by atoms with Gasteiger partial charge in [0.2, 0.25) is 0 Å². The Bertz CT molecular complexity index is 545. The first-order valence-electron chi connectivity index (χ1n) is 6.05. The van der Waals surface area contributed by atoms with E-state index in [9.17, 15) is 0 Å². The summed E-state index contributed by atoms with van der Waals surface area (Å²) in [6.45, 7) is 3.41. The number of hydrogen-bond donors (Lipinski definition) is 0. The van der Waals surface area contributed by atoms with Crippen molar-refractivity contribution in [3.05, 3.63) is 40.8 Å². The number of fused-ring (bicyclic) bond motifs is 1. The highest BCUT2D eigenvalue weighted by Gasteiger charge is 2.18. The van der Waals surface area contributed by atoms with Crippen LogP contribution < -0.4 is 0 Å². The quantitative estimate of drug-likeness (QED) is 0.779. The third kappa shape index (κ3) is 2.04. The summed E-state index contributed by atoms with van der Waals surface area (Å²) in [5.74, 6) is 2.00. The number of nitrogens with zero attached hydrogens (tertiary/aromatic N) is 2. The lowest BCUT2D eigenvalue weighted by molar-refractivity contribution is 0.394. The Labute approximate surface area is 110 Å². The fourth-order valence-electron chi connectivity index (χ4n) is 2.41. The van der Waals surface area contributed by atoms with Crippen LogP contribution in [0.1, 0.15) is 19.2 Å². The molecule has 1 aromatic carbocycles. The molecule has 1 aliphatic heterocycles. The number of hydrogen-bond acceptors (Lipinski definition) is 1. The zero-order chi connectivity index (χ0) is 11.8. The summed E-state index contributed by atoms with van der Waals surface area (Å²) < 4.78 is 3.42. The summed E-state index contributed by atoms with van der Waals surface area (Å²) >= 11 is 3.59. The zero-order valence-corrected chi connectivity index (χ0v) is 11.4. The fraction of sp³-hybridized carbons (Fsp3) is 0.357. The molecule has 1 unspecified atom stereocenters. The number of benzene rings is 1. The minimum atomic E-state index is 0.767. The first kappa shape index (κ1) is 11.0. The van der Waals surface area contributed by atoms with E-state index in [0.717, 1.165) is 29.1 Å². The minimum Gasteiger partial charge on any atom is -0.334 e. The van der Waals surface area contributed by atoms with E-state index >= 15 is 0 Å². The van der Waals surface area contributed by atoms with E-state index in [1.807, 2.05) is 6.07 Å². The van der Waals surface area contributed by atoms with Crippen molar-refractivity contribution >= 4 is 15.9 Å². The van der Waals surface area contributed by atoms with Crippen molar-refractivity contribution in [2.75, 3.05) is 0 Å². The van der Waals surface area contributed by atoms with Crippen LogP contribution in [0.3, 0.4) is 0 Å². The van der Waals surface area contributed by atoms with Gasteiger partial charge in [0.25, 0.3) is 0 Å². The predicted molar refractivity (Wildman–Crippen MR) is 72.8 cm³/mol. The maximum atomic E-state index is 4.75. The van der Waals surface area contributed by atoms with Gasteiger partial charge in [0.15, 0.2) is 0 Å². The summed E-state index contributed by atoms with van der Waals surface area (Å²) in [5, 5.41) is 0. The van der Waals surface area contributed by atoms with Crippen LogP contribution in [-0.2, 0) is 13.0 Å². The second kappa shape index (κ2) is 4.30. The molecule has 0 N–H and O–H groups in total. The maximum Gasteiger partial charge on any atom is 0.109 e. The average molecular weight is 291 g/mol. The molecule has 2 aromatic rings. The monoisotopic (exact) mass is 290 g/mol. The fourth-order valence-corrected chi connectivity index (χ4v) is 2.90. The van der Waals surface area contributed by atoms with E-state index in [1.165, 1.54) is 17.8 Å². The van der Waals surface area contributed by atoms with Gasteiger partial charge in [-0.15, -0.1) is 0 Å². The molecule has 1 atom stereocenters. The van der Waals surface area contributed by atoms with Gasteiger partial charge in [-0.1, -0.05) is 41.1 Å². The molecule has 0 amide bonds. The van der Waals surface area contributed by atoms with Gasteiger partial charge in [-0.25, -0.2) is 4.98 Å². The van der Waals surface area contributed by atoms with Gasteiger partial charge in [0.1, 0.15) is 5.82 Å². The molecule has 0 saturated carbocycles. The lowest BCUT2D eigenvalue weighted by Crippen LogP contribution is -2.17. The first-order valence-corrected chi connectivity index (χ1v) is 6.84. The highest BCUT2D eigenvalue weighted by atomic mass is 79.9. The topological polar surface area (TPSA) is 17.8 Å². The van der Waals surface area contributed by atoms with Crippen LogP contribution in [0.5, 0.6) is 0 Å². The molecule has 0 radical (unpaired) electrons. The number of rotatable bonds is 1. The smallest absolute Gasteiger partial charge is 0.109 e. The van der Waals surface area contributed by atoms with Crippen molar-refractivity contribution in [1.29, 1.82) is 0 Å². The van der Waals surface area contributed by atoms with E-state index in [-0.39, 0.29) is 0 Å². The standard InChI is InChI=1S/C14H15BrN2/c1-10-6-7-14-16-13(9-17(14)8-10)11-4-2-3-5-12(11)15/h2-5,9-10H,6-8H2,1H3. The van der Waals surface area contributed by atoms with Crippen molar-refractivity contribution in [2.24, 2.45) is 5.92 Å². The van der Waals surface area contributed by atoms with Gasteiger partial charge in [0, 0.05) is 29.2 Å². The van der Waals surface area contributed by atoms with Crippen LogP contribution in [0.25, 0.3) is 11.3 Å². The molecular weight excluding hydrogens is 276 g/mol. The van der Waals surface area contributed by atoms with Gasteiger partial charge in [0.05, 0.1) is 5.69 Å². The molecule has 3 rings (SSSR count). The molecular formula is C14H15BrN2.